The van der Waals surface area contributed by atoms with Gasteiger partial charge in [-0.1, -0.05) is 49.7 Å². The van der Waals surface area contributed by atoms with Crippen molar-refractivity contribution in [2.45, 2.75) is 64.1 Å². The number of carbonyl (C=O) groups excluding carboxylic acids is 2. The largest absolute Gasteiger partial charge is 0.495 e. The van der Waals surface area contributed by atoms with Crippen LogP contribution in [0.5, 0.6) is 17.2 Å². The summed E-state index contributed by atoms with van der Waals surface area (Å²) in [5, 5.41) is 3.22. The van der Waals surface area contributed by atoms with Gasteiger partial charge in [0.05, 0.1) is 31.9 Å². The highest BCUT2D eigenvalue weighted by molar-refractivity contribution is 7.92. The summed E-state index contributed by atoms with van der Waals surface area (Å²) in [6, 6.07) is 15.2. The van der Waals surface area contributed by atoms with Crippen molar-refractivity contribution in [3.63, 3.8) is 0 Å². The zero-order chi connectivity index (χ0) is 33.3. The Balaban J connectivity index is 2.19. The van der Waals surface area contributed by atoms with Gasteiger partial charge in [-0.25, -0.2) is 8.42 Å². The van der Waals surface area contributed by atoms with E-state index in [9.17, 15) is 18.0 Å². The number of carbonyl (C=O) groups is 2. The Kier molecular flexibility index (Phi) is 12.5. The SMILES string of the molecule is CC[C@@H](C)NC(=O)[C@H](CC)N(Cc1ccccc1C)C(=O)CN(c1cc(Cl)ccc1OC)S(=O)(=O)c1ccc(OC)c(OC)c1. The second-order valence-electron chi connectivity index (χ2n) is 10.5. The molecule has 244 valence electrons. The molecule has 0 unspecified atom stereocenters. The lowest BCUT2D eigenvalue weighted by molar-refractivity contribution is -0.140. The first-order chi connectivity index (χ1) is 21.4. The molecule has 45 heavy (non-hydrogen) atoms. The molecule has 0 saturated carbocycles. The molecular formula is C33H42ClN3O7S. The summed E-state index contributed by atoms with van der Waals surface area (Å²) in [7, 11) is -0.200. The van der Waals surface area contributed by atoms with Crippen molar-refractivity contribution in [3.05, 3.63) is 76.8 Å². The van der Waals surface area contributed by atoms with Gasteiger partial charge in [0.15, 0.2) is 11.5 Å². The number of hydrogen-bond acceptors (Lipinski definition) is 7. The van der Waals surface area contributed by atoms with Gasteiger partial charge in [0.1, 0.15) is 18.3 Å². The van der Waals surface area contributed by atoms with Crippen LogP contribution in [-0.4, -0.2) is 65.1 Å². The van der Waals surface area contributed by atoms with E-state index in [-0.39, 0.29) is 45.6 Å². The normalized spacial score (nSPS) is 12.5. The zero-order valence-electron chi connectivity index (χ0n) is 26.8. The minimum absolute atomic E-state index is 0.0566. The van der Waals surface area contributed by atoms with E-state index in [2.05, 4.69) is 5.32 Å². The zero-order valence-corrected chi connectivity index (χ0v) is 28.4. The average molecular weight is 660 g/mol. The Labute approximate surface area is 271 Å². The summed E-state index contributed by atoms with van der Waals surface area (Å²) in [5.74, 6) is -0.194. The van der Waals surface area contributed by atoms with Crippen molar-refractivity contribution < 1.29 is 32.2 Å². The van der Waals surface area contributed by atoms with Crippen LogP contribution >= 0.6 is 11.6 Å². The van der Waals surface area contributed by atoms with Crippen LogP contribution in [-0.2, 0) is 26.2 Å². The average Bonchev–Trinajstić information content (AvgIpc) is 3.03. The monoisotopic (exact) mass is 659 g/mol. The lowest BCUT2D eigenvalue weighted by Gasteiger charge is -2.34. The van der Waals surface area contributed by atoms with Gasteiger partial charge in [-0.15, -0.1) is 0 Å². The first-order valence-corrected chi connectivity index (χ1v) is 16.5. The third kappa shape index (κ3) is 8.40. The molecule has 12 heteroatoms. The number of anilines is 1. The second kappa shape index (κ2) is 15.9. The number of aryl methyl sites for hydroxylation is 1. The van der Waals surface area contributed by atoms with E-state index in [4.69, 9.17) is 25.8 Å². The summed E-state index contributed by atoms with van der Waals surface area (Å²) in [4.78, 5) is 29.2. The molecule has 3 aromatic carbocycles. The second-order valence-corrected chi connectivity index (χ2v) is 12.8. The number of amides is 2. The van der Waals surface area contributed by atoms with Crippen LogP contribution in [0, 0.1) is 6.92 Å². The summed E-state index contributed by atoms with van der Waals surface area (Å²) < 4.78 is 45.9. The molecule has 0 radical (unpaired) electrons. The summed E-state index contributed by atoms with van der Waals surface area (Å²) >= 11 is 6.34. The third-order valence-electron chi connectivity index (χ3n) is 7.62. The van der Waals surface area contributed by atoms with Gasteiger partial charge >= 0.3 is 0 Å². The minimum atomic E-state index is -4.44. The molecule has 0 aliphatic carbocycles. The van der Waals surface area contributed by atoms with Gasteiger partial charge in [-0.3, -0.25) is 13.9 Å². The third-order valence-corrected chi connectivity index (χ3v) is 9.61. The molecule has 0 saturated heterocycles. The summed E-state index contributed by atoms with van der Waals surface area (Å²) in [6.07, 6.45) is 1.02. The van der Waals surface area contributed by atoms with Crippen LogP contribution in [0.4, 0.5) is 5.69 Å². The highest BCUT2D eigenvalue weighted by atomic mass is 35.5. The lowest BCUT2D eigenvalue weighted by Crippen LogP contribution is -2.53. The topological polar surface area (TPSA) is 114 Å². The predicted octanol–water partition coefficient (Wildman–Crippen LogP) is 5.59. The number of sulfonamides is 1. The van der Waals surface area contributed by atoms with Crippen molar-refractivity contribution in [3.8, 4) is 17.2 Å². The maximum absolute atomic E-state index is 14.4. The molecule has 0 heterocycles. The van der Waals surface area contributed by atoms with E-state index in [1.165, 1.54) is 56.6 Å². The van der Waals surface area contributed by atoms with Crippen LogP contribution in [0.2, 0.25) is 5.02 Å². The van der Waals surface area contributed by atoms with Crippen LogP contribution < -0.4 is 23.8 Å². The number of hydrogen-bond donors (Lipinski definition) is 1. The molecule has 0 aliphatic rings. The lowest BCUT2D eigenvalue weighted by atomic mass is 10.1. The fourth-order valence-corrected chi connectivity index (χ4v) is 6.41. The van der Waals surface area contributed by atoms with Gasteiger partial charge < -0.3 is 24.4 Å². The molecular weight excluding hydrogens is 618 g/mol. The highest BCUT2D eigenvalue weighted by Crippen LogP contribution is 2.37. The van der Waals surface area contributed by atoms with Crippen LogP contribution in [0.25, 0.3) is 0 Å². The molecule has 10 nitrogen and oxygen atoms in total. The molecule has 2 amide bonds. The van der Waals surface area contributed by atoms with Gasteiger partial charge in [0, 0.05) is 23.7 Å². The van der Waals surface area contributed by atoms with Crippen molar-refractivity contribution >= 4 is 39.1 Å². The fourth-order valence-electron chi connectivity index (χ4n) is 4.81. The van der Waals surface area contributed by atoms with Crippen LogP contribution in [0.15, 0.2) is 65.6 Å². The highest BCUT2D eigenvalue weighted by Gasteiger charge is 2.35. The first-order valence-electron chi connectivity index (χ1n) is 14.6. The number of nitrogens with zero attached hydrogens (tertiary/aromatic N) is 2. The molecule has 0 fully saturated rings. The van der Waals surface area contributed by atoms with Gasteiger partial charge in [0.25, 0.3) is 10.0 Å². The Morgan fingerprint density at radius 2 is 1.53 bits per heavy atom. The van der Waals surface area contributed by atoms with Gasteiger partial charge in [-0.2, -0.15) is 0 Å². The Bertz CT molecular complexity index is 1600. The number of methoxy groups -OCH3 is 3. The van der Waals surface area contributed by atoms with E-state index < -0.39 is 28.5 Å². The van der Waals surface area contributed by atoms with Crippen molar-refractivity contribution in [2.24, 2.45) is 0 Å². The van der Waals surface area contributed by atoms with Crippen molar-refractivity contribution in [2.75, 3.05) is 32.2 Å². The van der Waals surface area contributed by atoms with E-state index in [0.29, 0.717) is 18.6 Å². The molecule has 1 N–H and O–H groups in total. The van der Waals surface area contributed by atoms with Gasteiger partial charge in [0.2, 0.25) is 11.8 Å². The predicted molar refractivity (Wildman–Crippen MR) is 176 cm³/mol. The molecule has 3 rings (SSSR count). The number of rotatable bonds is 15. The molecule has 3 aromatic rings. The van der Waals surface area contributed by atoms with E-state index in [1.807, 2.05) is 52.0 Å². The van der Waals surface area contributed by atoms with Crippen molar-refractivity contribution in [1.29, 1.82) is 0 Å². The van der Waals surface area contributed by atoms with Crippen LogP contribution in [0.1, 0.15) is 44.7 Å². The smallest absolute Gasteiger partial charge is 0.265 e. The minimum Gasteiger partial charge on any atom is -0.495 e. The molecule has 0 aliphatic heterocycles. The quantitative estimate of drug-likeness (QED) is 0.226. The number of benzene rings is 3. The number of ether oxygens (including phenoxy) is 3. The Hall–Kier alpha value is -3.96. The molecule has 0 aromatic heterocycles. The Morgan fingerprint density at radius 1 is 0.889 bits per heavy atom. The van der Waals surface area contributed by atoms with E-state index >= 15 is 0 Å². The van der Waals surface area contributed by atoms with Crippen LogP contribution in [0.3, 0.4) is 0 Å². The molecule has 0 bridgehead atoms. The van der Waals surface area contributed by atoms with E-state index in [0.717, 1.165) is 15.4 Å². The first kappa shape index (κ1) is 35.5. The maximum atomic E-state index is 14.4. The summed E-state index contributed by atoms with van der Waals surface area (Å²) in [6.45, 7) is 7.03. The number of halogens is 1. The fraction of sp³-hybridized carbons (Fsp3) is 0.394. The number of nitrogens with one attached hydrogen (secondary N) is 1. The standard InChI is InChI=1S/C33H42ClN3O7S/c1-8-23(4)35-33(39)27(9-2)36(20-24-13-11-10-12-22(24)3)32(38)21-37(28-18-25(34)14-16-29(28)42-5)45(40,41)26-15-17-30(43-6)31(19-26)44-7/h10-19,23,27H,8-9,20-21H2,1-7H3,(H,35,39)/t23-,27+/m1/s1. The van der Waals surface area contributed by atoms with E-state index in [1.54, 1.807) is 6.07 Å². The molecule has 0 spiro atoms. The Morgan fingerprint density at radius 3 is 2.13 bits per heavy atom. The maximum Gasteiger partial charge on any atom is 0.265 e. The molecule has 2 atom stereocenters. The van der Waals surface area contributed by atoms with Crippen molar-refractivity contribution in [1.82, 2.24) is 10.2 Å². The van der Waals surface area contributed by atoms with Gasteiger partial charge in [-0.05, 0) is 68.1 Å². The summed E-state index contributed by atoms with van der Waals surface area (Å²) in [5.41, 5.74) is 1.81.